The second kappa shape index (κ2) is 11.9. The number of carbonyl (C=O) groups is 2. The molecule has 0 aliphatic heterocycles. The first-order valence-electron chi connectivity index (χ1n) is 10.2. The molecule has 1 N–H and O–H groups in total. The number of halogens is 1. The van der Waals surface area contributed by atoms with Crippen LogP contribution in [0.3, 0.4) is 0 Å². The van der Waals surface area contributed by atoms with Crippen LogP contribution < -0.4 is 24.4 Å². The molecule has 0 bridgehead atoms. The Morgan fingerprint density at radius 1 is 0.912 bits per heavy atom. The number of nitrogens with zero attached hydrogens (tertiary/aromatic N) is 1. The SMILES string of the molecule is COc1ccc(C(=O)Oc2ccc(/C=N\NC(=O)[C@@H](C)Oc3ccc(Br)cc3)cc2OC)cc1. The van der Waals surface area contributed by atoms with Gasteiger partial charge in [0.05, 0.1) is 26.0 Å². The van der Waals surface area contributed by atoms with Crippen LogP contribution in [0.5, 0.6) is 23.0 Å². The van der Waals surface area contributed by atoms with E-state index in [0.717, 1.165) is 4.47 Å². The molecule has 176 valence electrons. The molecule has 34 heavy (non-hydrogen) atoms. The van der Waals surface area contributed by atoms with Crippen molar-refractivity contribution in [1.82, 2.24) is 5.43 Å². The van der Waals surface area contributed by atoms with Crippen molar-refractivity contribution in [2.24, 2.45) is 5.10 Å². The second-order valence-corrected chi connectivity index (χ2v) is 7.89. The van der Waals surface area contributed by atoms with E-state index in [1.807, 2.05) is 12.1 Å². The lowest BCUT2D eigenvalue weighted by Gasteiger charge is -2.13. The van der Waals surface area contributed by atoms with E-state index in [9.17, 15) is 9.59 Å². The number of methoxy groups -OCH3 is 2. The zero-order valence-corrected chi connectivity index (χ0v) is 20.4. The normalized spacial score (nSPS) is 11.5. The molecule has 0 aliphatic carbocycles. The van der Waals surface area contributed by atoms with Crippen LogP contribution in [0.2, 0.25) is 0 Å². The van der Waals surface area contributed by atoms with Gasteiger partial charge in [-0.25, -0.2) is 10.2 Å². The molecule has 0 saturated heterocycles. The Bertz CT molecular complexity index is 1160. The van der Waals surface area contributed by atoms with Crippen molar-refractivity contribution >= 4 is 34.0 Å². The summed E-state index contributed by atoms with van der Waals surface area (Å²) < 4.78 is 22.4. The number of carbonyl (C=O) groups excluding carboxylic acids is 2. The topological polar surface area (TPSA) is 95.5 Å². The monoisotopic (exact) mass is 526 g/mol. The van der Waals surface area contributed by atoms with E-state index < -0.39 is 18.0 Å². The predicted octanol–water partition coefficient (Wildman–Crippen LogP) is 4.60. The third-order valence-electron chi connectivity index (χ3n) is 4.60. The molecule has 3 aromatic carbocycles. The van der Waals surface area contributed by atoms with E-state index >= 15 is 0 Å². The fraction of sp³-hybridized carbons (Fsp3) is 0.160. The Balaban J connectivity index is 1.59. The molecule has 0 radical (unpaired) electrons. The number of hydrazone groups is 1. The maximum Gasteiger partial charge on any atom is 0.343 e. The highest BCUT2D eigenvalue weighted by Crippen LogP contribution is 2.28. The Morgan fingerprint density at radius 2 is 1.59 bits per heavy atom. The zero-order chi connectivity index (χ0) is 24.5. The number of nitrogens with one attached hydrogen (secondary N) is 1. The Morgan fingerprint density at radius 3 is 2.24 bits per heavy atom. The van der Waals surface area contributed by atoms with E-state index in [1.165, 1.54) is 13.3 Å². The third-order valence-corrected chi connectivity index (χ3v) is 5.13. The van der Waals surface area contributed by atoms with E-state index in [-0.39, 0.29) is 5.75 Å². The molecule has 0 unspecified atom stereocenters. The molecule has 1 atom stereocenters. The summed E-state index contributed by atoms with van der Waals surface area (Å²) in [5.41, 5.74) is 3.44. The van der Waals surface area contributed by atoms with E-state index in [4.69, 9.17) is 18.9 Å². The van der Waals surface area contributed by atoms with Gasteiger partial charge in [-0.3, -0.25) is 4.79 Å². The summed E-state index contributed by atoms with van der Waals surface area (Å²) >= 11 is 3.35. The average molecular weight is 527 g/mol. The lowest BCUT2D eigenvalue weighted by molar-refractivity contribution is -0.127. The van der Waals surface area contributed by atoms with Gasteiger partial charge in [-0.15, -0.1) is 0 Å². The number of ether oxygens (including phenoxy) is 4. The van der Waals surface area contributed by atoms with Crippen molar-refractivity contribution in [1.29, 1.82) is 0 Å². The minimum Gasteiger partial charge on any atom is -0.497 e. The first-order chi connectivity index (χ1) is 16.4. The molecule has 9 heteroatoms. The highest BCUT2D eigenvalue weighted by Gasteiger charge is 2.15. The molecular weight excluding hydrogens is 504 g/mol. The Hall–Kier alpha value is -3.85. The van der Waals surface area contributed by atoms with Gasteiger partial charge in [0.15, 0.2) is 17.6 Å². The van der Waals surface area contributed by atoms with Gasteiger partial charge in [-0.05, 0) is 79.2 Å². The van der Waals surface area contributed by atoms with Gasteiger partial charge in [0.25, 0.3) is 5.91 Å². The van der Waals surface area contributed by atoms with Crippen molar-refractivity contribution in [2.45, 2.75) is 13.0 Å². The first kappa shape index (κ1) is 24.8. The molecule has 8 nitrogen and oxygen atoms in total. The van der Waals surface area contributed by atoms with Crippen LogP contribution in [0.15, 0.2) is 76.3 Å². The van der Waals surface area contributed by atoms with Gasteiger partial charge < -0.3 is 18.9 Å². The van der Waals surface area contributed by atoms with Crippen molar-refractivity contribution in [3.63, 3.8) is 0 Å². The number of hydrogen-bond acceptors (Lipinski definition) is 7. The van der Waals surface area contributed by atoms with Gasteiger partial charge in [0, 0.05) is 4.47 Å². The van der Waals surface area contributed by atoms with Crippen LogP contribution in [0.4, 0.5) is 0 Å². The predicted molar refractivity (Wildman–Crippen MR) is 131 cm³/mol. The molecule has 0 aliphatic rings. The van der Waals surface area contributed by atoms with E-state index in [0.29, 0.717) is 28.4 Å². The maximum absolute atomic E-state index is 12.4. The van der Waals surface area contributed by atoms with Crippen molar-refractivity contribution in [2.75, 3.05) is 14.2 Å². The molecule has 0 aromatic heterocycles. The number of esters is 1. The van der Waals surface area contributed by atoms with E-state index in [1.54, 1.807) is 68.6 Å². The van der Waals surface area contributed by atoms with Crippen LogP contribution >= 0.6 is 15.9 Å². The van der Waals surface area contributed by atoms with Crippen molar-refractivity contribution in [3.8, 4) is 23.0 Å². The number of hydrogen-bond donors (Lipinski definition) is 1. The summed E-state index contributed by atoms with van der Waals surface area (Å²) in [7, 11) is 3.01. The summed E-state index contributed by atoms with van der Waals surface area (Å²) in [6, 6.07) is 18.6. The van der Waals surface area contributed by atoms with Crippen LogP contribution in [-0.2, 0) is 4.79 Å². The molecule has 0 heterocycles. The quantitative estimate of drug-likeness (QED) is 0.189. The summed E-state index contributed by atoms with van der Waals surface area (Å²) in [6.07, 6.45) is 0.703. The molecule has 0 saturated carbocycles. The van der Waals surface area contributed by atoms with E-state index in [2.05, 4.69) is 26.5 Å². The number of amides is 1. The Labute approximate surface area is 205 Å². The standard InChI is InChI=1S/C25H23BrN2O6/c1-16(33-21-11-7-19(26)8-12-21)24(29)28-27-15-17-4-13-22(23(14-17)32-3)34-25(30)18-5-9-20(31-2)10-6-18/h4-16H,1-3H3,(H,28,29)/b27-15-/t16-/m1/s1. The summed E-state index contributed by atoms with van der Waals surface area (Å²) in [5, 5.41) is 3.96. The van der Waals surface area contributed by atoms with Gasteiger partial charge in [0.2, 0.25) is 0 Å². The number of rotatable bonds is 9. The molecule has 1 amide bonds. The largest absolute Gasteiger partial charge is 0.497 e. The molecule has 3 rings (SSSR count). The van der Waals surface area contributed by atoms with Gasteiger partial charge >= 0.3 is 5.97 Å². The van der Waals surface area contributed by atoms with Crippen molar-refractivity contribution in [3.05, 3.63) is 82.3 Å². The summed E-state index contributed by atoms with van der Waals surface area (Å²) in [6.45, 7) is 1.63. The fourth-order valence-electron chi connectivity index (χ4n) is 2.77. The van der Waals surface area contributed by atoms with Crippen molar-refractivity contribution < 1.29 is 28.5 Å². The molecular formula is C25H23BrN2O6. The molecule has 0 spiro atoms. The average Bonchev–Trinajstić information content (AvgIpc) is 2.86. The molecule has 0 fully saturated rings. The maximum atomic E-state index is 12.4. The lowest BCUT2D eigenvalue weighted by Crippen LogP contribution is -2.33. The minimum atomic E-state index is -0.743. The lowest BCUT2D eigenvalue weighted by atomic mass is 10.2. The van der Waals surface area contributed by atoms with Gasteiger partial charge in [-0.2, -0.15) is 5.10 Å². The highest BCUT2D eigenvalue weighted by molar-refractivity contribution is 9.10. The minimum absolute atomic E-state index is 0.251. The second-order valence-electron chi connectivity index (χ2n) is 6.98. The third kappa shape index (κ3) is 6.82. The van der Waals surface area contributed by atoms with Crippen LogP contribution in [0, 0.1) is 0 Å². The first-order valence-corrected chi connectivity index (χ1v) is 11.0. The zero-order valence-electron chi connectivity index (χ0n) is 18.8. The molecule has 3 aromatic rings. The summed E-state index contributed by atoms with van der Waals surface area (Å²) in [5.74, 6) is 0.856. The van der Waals surface area contributed by atoms with Crippen LogP contribution in [0.1, 0.15) is 22.8 Å². The van der Waals surface area contributed by atoms with Crippen LogP contribution in [-0.4, -0.2) is 38.4 Å². The van der Waals surface area contributed by atoms with Gasteiger partial charge in [-0.1, -0.05) is 15.9 Å². The smallest absolute Gasteiger partial charge is 0.343 e. The fourth-order valence-corrected chi connectivity index (χ4v) is 3.03. The van der Waals surface area contributed by atoms with Gasteiger partial charge in [0.1, 0.15) is 11.5 Å². The number of benzene rings is 3. The highest BCUT2D eigenvalue weighted by atomic mass is 79.9. The summed E-state index contributed by atoms with van der Waals surface area (Å²) in [4.78, 5) is 24.6. The van der Waals surface area contributed by atoms with Crippen LogP contribution in [0.25, 0.3) is 0 Å². The Kier molecular flexibility index (Phi) is 8.64.